The summed E-state index contributed by atoms with van der Waals surface area (Å²) in [6.45, 7) is 0.515. The number of anilines is 2. The van der Waals surface area contributed by atoms with E-state index in [1.807, 2.05) is 29.2 Å². The maximum Gasteiger partial charge on any atom is 0.282 e. The number of carbonyl (C=O) groups is 2. The summed E-state index contributed by atoms with van der Waals surface area (Å²) < 4.78 is 13.4. The number of carbonyl (C=O) groups excluding carboxylic acids is 2. The number of rotatable bonds is 4. The number of amides is 2. The predicted octanol–water partition coefficient (Wildman–Crippen LogP) is 4.08. The molecule has 0 radical (unpaired) electrons. The minimum atomic E-state index is -0.560. The average molecular weight is 429 g/mol. The van der Waals surface area contributed by atoms with Crippen molar-refractivity contribution >= 4 is 34.4 Å². The van der Waals surface area contributed by atoms with Gasteiger partial charge in [0.2, 0.25) is 0 Å². The number of nitro benzene ring substituents is 1. The molecule has 0 aliphatic carbocycles. The van der Waals surface area contributed by atoms with Crippen LogP contribution in [0.25, 0.3) is 5.57 Å². The maximum absolute atomic E-state index is 13.6. The van der Waals surface area contributed by atoms with Gasteiger partial charge in [0.25, 0.3) is 17.5 Å². The minimum absolute atomic E-state index is 0.116. The molecule has 0 spiro atoms. The number of imide groups is 1. The van der Waals surface area contributed by atoms with E-state index in [1.165, 1.54) is 48.5 Å². The van der Waals surface area contributed by atoms with E-state index in [4.69, 9.17) is 0 Å². The first-order chi connectivity index (χ1) is 15.5. The Labute approximate surface area is 182 Å². The summed E-state index contributed by atoms with van der Waals surface area (Å²) in [6, 6.07) is 18.3. The number of hydrogen-bond donors (Lipinski definition) is 0. The van der Waals surface area contributed by atoms with E-state index in [1.54, 1.807) is 0 Å². The third-order valence-corrected chi connectivity index (χ3v) is 5.67. The van der Waals surface area contributed by atoms with Gasteiger partial charge < -0.3 is 4.90 Å². The number of fused-ring (bicyclic) bond motifs is 1. The number of benzene rings is 3. The highest BCUT2D eigenvalue weighted by molar-refractivity contribution is 6.46. The Morgan fingerprint density at radius 1 is 0.875 bits per heavy atom. The minimum Gasteiger partial charge on any atom is -0.336 e. The van der Waals surface area contributed by atoms with E-state index in [0.29, 0.717) is 18.5 Å². The van der Waals surface area contributed by atoms with Gasteiger partial charge in [-0.3, -0.25) is 19.7 Å². The van der Waals surface area contributed by atoms with Gasteiger partial charge in [0.15, 0.2) is 0 Å². The third kappa shape index (κ3) is 3.04. The summed E-state index contributed by atoms with van der Waals surface area (Å²) in [5.74, 6) is -1.56. The van der Waals surface area contributed by atoms with Crippen LogP contribution >= 0.6 is 0 Å². The smallest absolute Gasteiger partial charge is 0.282 e. The lowest BCUT2D eigenvalue weighted by Gasteiger charge is -2.21. The molecule has 0 unspecified atom stereocenters. The van der Waals surface area contributed by atoms with Gasteiger partial charge in [-0.15, -0.1) is 0 Å². The Morgan fingerprint density at radius 2 is 1.56 bits per heavy atom. The van der Waals surface area contributed by atoms with Crippen LogP contribution in [-0.4, -0.2) is 23.3 Å². The van der Waals surface area contributed by atoms with Crippen LogP contribution in [0.15, 0.2) is 78.5 Å². The van der Waals surface area contributed by atoms with Crippen molar-refractivity contribution in [2.45, 2.75) is 6.42 Å². The third-order valence-electron chi connectivity index (χ3n) is 5.67. The molecule has 0 atom stereocenters. The van der Waals surface area contributed by atoms with Crippen molar-refractivity contribution in [3.63, 3.8) is 0 Å². The largest absolute Gasteiger partial charge is 0.336 e. The first kappa shape index (κ1) is 19.6. The van der Waals surface area contributed by atoms with Crippen LogP contribution < -0.4 is 9.80 Å². The lowest BCUT2D eigenvalue weighted by molar-refractivity contribution is -0.384. The first-order valence-corrected chi connectivity index (χ1v) is 9.94. The highest BCUT2D eigenvalue weighted by Gasteiger charge is 2.44. The average Bonchev–Trinajstić information content (AvgIpc) is 3.32. The monoisotopic (exact) mass is 429 g/mol. The summed E-state index contributed by atoms with van der Waals surface area (Å²) >= 11 is 0. The topological polar surface area (TPSA) is 83.8 Å². The van der Waals surface area contributed by atoms with Crippen molar-refractivity contribution in [2.75, 3.05) is 16.3 Å². The Bertz CT molecular complexity index is 1300. The SMILES string of the molecule is O=C1C(c2ccc([N+](=O)[O-])cc2)=C(N2CCc3ccccc32)C(=O)N1c1ccc(F)cc1. The quantitative estimate of drug-likeness (QED) is 0.355. The second kappa shape index (κ2) is 7.42. The van der Waals surface area contributed by atoms with Gasteiger partial charge in [0.1, 0.15) is 11.5 Å². The van der Waals surface area contributed by atoms with Gasteiger partial charge in [-0.25, -0.2) is 9.29 Å². The van der Waals surface area contributed by atoms with Crippen LogP contribution in [0, 0.1) is 15.9 Å². The van der Waals surface area contributed by atoms with Gasteiger partial charge in [0, 0.05) is 24.4 Å². The number of hydrogen-bond acceptors (Lipinski definition) is 5. The molecule has 3 aromatic rings. The zero-order valence-corrected chi connectivity index (χ0v) is 16.7. The van der Waals surface area contributed by atoms with Crippen molar-refractivity contribution in [3.8, 4) is 0 Å². The van der Waals surface area contributed by atoms with Gasteiger partial charge >= 0.3 is 0 Å². The van der Waals surface area contributed by atoms with E-state index >= 15 is 0 Å². The first-order valence-electron chi connectivity index (χ1n) is 9.94. The molecule has 0 fully saturated rings. The molecule has 2 aliphatic heterocycles. The van der Waals surface area contributed by atoms with Crippen molar-refractivity contribution in [1.29, 1.82) is 0 Å². The molecule has 2 amide bonds. The van der Waals surface area contributed by atoms with Crippen LogP contribution in [0.3, 0.4) is 0 Å². The molecule has 32 heavy (non-hydrogen) atoms. The fourth-order valence-electron chi connectivity index (χ4n) is 4.17. The van der Waals surface area contributed by atoms with E-state index in [-0.39, 0.29) is 22.6 Å². The molecule has 0 N–H and O–H groups in total. The lowest BCUT2D eigenvalue weighted by Crippen LogP contribution is -2.34. The molecule has 2 aliphatic rings. The van der Waals surface area contributed by atoms with Crippen LogP contribution in [0.1, 0.15) is 11.1 Å². The lowest BCUT2D eigenvalue weighted by atomic mass is 10.0. The van der Waals surface area contributed by atoms with Crippen LogP contribution in [0.5, 0.6) is 0 Å². The molecule has 0 saturated carbocycles. The number of non-ortho nitro benzene ring substituents is 1. The normalized spacial score (nSPS) is 15.5. The summed E-state index contributed by atoms with van der Waals surface area (Å²) in [5, 5.41) is 11.1. The Balaban J connectivity index is 1.67. The molecule has 0 saturated heterocycles. The Morgan fingerprint density at radius 3 is 2.25 bits per heavy atom. The van der Waals surface area contributed by atoms with E-state index < -0.39 is 22.6 Å². The summed E-state index contributed by atoms with van der Waals surface area (Å²) in [4.78, 5) is 40.4. The van der Waals surface area contributed by atoms with Crippen LogP contribution in [-0.2, 0) is 16.0 Å². The Kier molecular flexibility index (Phi) is 4.55. The van der Waals surface area contributed by atoms with Crippen LogP contribution in [0.2, 0.25) is 0 Å². The van der Waals surface area contributed by atoms with Gasteiger partial charge in [-0.1, -0.05) is 18.2 Å². The molecule has 0 aromatic heterocycles. The highest BCUT2D eigenvalue weighted by atomic mass is 19.1. The number of halogens is 1. The molecule has 0 bridgehead atoms. The molecular formula is C24H16FN3O4. The summed E-state index contributed by atoms with van der Waals surface area (Å²) in [6.07, 6.45) is 0.714. The molecule has 158 valence electrons. The molecule has 5 rings (SSSR count). The fourth-order valence-corrected chi connectivity index (χ4v) is 4.17. The molecule has 2 heterocycles. The number of nitrogens with zero attached hydrogens (tertiary/aromatic N) is 3. The molecule has 8 heteroatoms. The standard InChI is InChI=1S/C24H16FN3O4/c25-17-7-11-18(12-8-17)27-23(29)21(16-5-9-19(10-6-16)28(31)32)22(24(27)30)26-14-13-15-3-1-2-4-20(15)26/h1-12H,13-14H2. The van der Waals surface area contributed by atoms with Crippen molar-refractivity contribution in [3.05, 3.63) is 106 Å². The second-order valence-electron chi connectivity index (χ2n) is 7.48. The molecular weight excluding hydrogens is 413 g/mol. The van der Waals surface area contributed by atoms with Crippen LogP contribution in [0.4, 0.5) is 21.5 Å². The van der Waals surface area contributed by atoms with E-state index in [2.05, 4.69) is 0 Å². The number of nitro groups is 1. The predicted molar refractivity (Wildman–Crippen MR) is 116 cm³/mol. The van der Waals surface area contributed by atoms with Crippen molar-refractivity contribution in [1.82, 2.24) is 0 Å². The number of para-hydroxylation sites is 1. The second-order valence-corrected chi connectivity index (χ2v) is 7.48. The fraction of sp³-hybridized carbons (Fsp3) is 0.0833. The zero-order valence-electron chi connectivity index (χ0n) is 16.7. The van der Waals surface area contributed by atoms with E-state index in [0.717, 1.165) is 16.2 Å². The van der Waals surface area contributed by atoms with Crippen molar-refractivity contribution in [2.24, 2.45) is 0 Å². The van der Waals surface area contributed by atoms with Gasteiger partial charge in [-0.2, -0.15) is 0 Å². The summed E-state index contributed by atoms with van der Waals surface area (Å²) in [7, 11) is 0. The maximum atomic E-state index is 13.6. The van der Waals surface area contributed by atoms with Gasteiger partial charge in [-0.05, 0) is 60.0 Å². The van der Waals surface area contributed by atoms with E-state index in [9.17, 15) is 24.1 Å². The van der Waals surface area contributed by atoms with Crippen molar-refractivity contribution < 1.29 is 18.9 Å². The Hall–Kier alpha value is -4.33. The molecule has 7 nitrogen and oxygen atoms in total. The van der Waals surface area contributed by atoms with Gasteiger partial charge in [0.05, 0.1) is 16.2 Å². The summed E-state index contributed by atoms with van der Waals surface area (Å²) in [5.41, 5.74) is 2.80. The highest BCUT2D eigenvalue weighted by Crippen LogP contribution is 2.40. The molecule has 3 aromatic carbocycles. The zero-order chi connectivity index (χ0) is 22.4.